The highest BCUT2D eigenvalue weighted by Gasteiger charge is 2.25. The molecule has 0 radical (unpaired) electrons. The smallest absolute Gasteiger partial charge is 0.152 e. The Labute approximate surface area is 93.9 Å². The van der Waals surface area contributed by atoms with Crippen molar-refractivity contribution in [3.63, 3.8) is 0 Å². The molecule has 1 fully saturated rings. The maximum absolute atomic E-state index is 11.1. The maximum Gasteiger partial charge on any atom is 0.152 e. The predicted octanol–water partition coefficient (Wildman–Crippen LogP) is 0.930. The second kappa shape index (κ2) is 4.02. The molecule has 0 N–H and O–H groups in total. The number of nitrogens with zero attached hydrogens (tertiary/aromatic N) is 1. The van der Waals surface area contributed by atoms with E-state index in [2.05, 4.69) is 41.3 Å². The normalized spacial score (nSPS) is 24.5. The Bertz CT molecular complexity index is 254. The summed E-state index contributed by atoms with van der Waals surface area (Å²) in [5.41, 5.74) is 0. The Morgan fingerprint density at radius 2 is 1.77 bits per heavy atom. The zero-order valence-electron chi connectivity index (χ0n) is 8.09. The predicted molar refractivity (Wildman–Crippen MR) is 63.2 cm³/mol. The maximum atomic E-state index is 11.1. The van der Waals surface area contributed by atoms with Crippen LogP contribution in [0.25, 0.3) is 0 Å². The minimum atomic E-state index is -2.72. The van der Waals surface area contributed by atoms with Crippen LogP contribution in [0, 0.1) is 0 Å². The molecule has 0 unspecified atom stereocenters. The first-order chi connectivity index (χ1) is 5.79. The minimum absolute atomic E-state index is 0.235. The summed E-state index contributed by atoms with van der Waals surface area (Å²) in [4.78, 5) is 2.23. The van der Waals surface area contributed by atoms with Crippen LogP contribution in [0.5, 0.6) is 0 Å². The highest BCUT2D eigenvalue weighted by atomic mass is 127. The molecule has 3 nitrogen and oxygen atoms in total. The molecule has 5 heteroatoms. The van der Waals surface area contributed by atoms with Gasteiger partial charge in [0.25, 0.3) is 0 Å². The Morgan fingerprint density at radius 1 is 1.31 bits per heavy atom. The standard InChI is InChI=1S/C8H16INO2S/c1-8(2,9)7-10-3-5-13(11,12)6-4-10/h3-7H2,1-2H3. The molecule has 0 atom stereocenters. The van der Waals surface area contributed by atoms with E-state index in [1.54, 1.807) is 0 Å². The van der Waals surface area contributed by atoms with Gasteiger partial charge in [0.15, 0.2) is 9.84 Å². The third kappa shape index (κ3) is 4.60. The molecule has 0 spiro atoms. The molecule has 0 bridgehead atoms. The summed E-state index contributed by atoms with van der Waals surface area (Å²) < 4.78 is 22.5. The average Bonchev–Trinajstić information content (AvgIpc) is 1.91. The number of hydrogen-bond acceptors (Lipinski definition) is 3. The van der Waals surface area contributed by atoms with Crippen molar-refractivity contribution in [2.45, 2.75) is 17.3 Å². The number of alkyl halides is 1. The molecule has 1 heterocycles. The van der Waals surface area contributed by atoms with Crippen LogP contribution in [0.15, 0.2) is 0 Å². The molecular formula is C8H16INO2S. The molecule has 0 aromatic carbocycles. The molecular weight excluding hydrogens is 301 g/mol. The fourth-order valence-electron chi connectivity index (χ4n) is 1.44. The van der Waals surface area contributed by atoms with Gasteiger partial charge in [-0.15, -0.1) is 0 Å². The Balaban J connectivity index is 2.43. The van der Waals surface area contributed by atoms with E-state index >= 15 is 0 Å². The van der Waals surface area contributed by atoms with E-state index in [4.69, 9.17) is 0 Å². The van der Waals surface area contributed by atoms with Crippen molar-refractivity contribution in [2.75, 3.05) is 31.1 Å². The molecule has 78 valence electrons. The minimum Gasteiger partial charge on any atom is -0.300 e. The van der Waals surface area contributed by atoms with E-state index in [0.717, 1.165) is 6.54 Å². The lowest BCUT2D eigenvalue weighted by Gasteiger charge is -2.31. The molecule has 1 saturated heterocycles. The van der Waals surface area contributed by atoms with Gasteiger partial charge in [-0.2, -0.15) is 0 Å². The highest BCUT2D eigenvalue weighted by Crippen LogP contribution is 2.19. The van der Waals surface area contributed by atoms with Crippen LogP contribution in [0.2, 0.25) is 0 Å². The van der Waals surface area contributed by atoms with Crippen LogP contribution < -0.4 is 0 Å². The van der Waals surface area contributed by atoms with Gasteiger partial charge < -0.3 is 4.90 Å². The van der Waals surface area contributed by atoms with Crippen molar-refractivity contribution in [3.05, 3.63) is 0 Å². The summed E-state index contributed by atoms with van der Waals surface area (Å²) in [5, 5.41) is 0. The van der Waals surface area contributed by atoms with Crippen molar-refractivity contribution in [1.29, 1.82) is 0 Å². The van der Waals surface area contributed by atoms with Gasteiger partial charge in [0.05, 0.1) is 11.5 Å². The summed E-state index contributed by atoms with van der Waals surface area (Å²) in [6.45, 7) is 6.71. The highest BCUT2D eigenvalue weighted by molar-refractivity contribution is 14.1. The van der Waals surface area contributed by atoms with E-state index in [-0.39, 0.29) is 3.42 Å². The van der Waals surface area contributed by atoms with Crippen molar-refractivity contribution >= 4 is 32.4 Å². The average molecular weight is 317 g/mol. The van der Waals surface area contributed by atoms with E-state index < -0.39 is 9.84 Å². The molecule has 1 aliphatic heterocycles. The topological polar surface area (TPSA) is 37.4 Å². The largest absolute Gasteiger partial charge is 0.300 e. The van der Waals surface area contributed by atoms with Gasteiger partial charge in [0, 0.05) is 23.1 Å². The summed E-state index contributed by atoms with van der Waals surface area (Å²) in [6, 6.07) is 0. The van der Waals surface area contributed by atoms with Crippen LogP contribution in [0.3, 0.4) is 0 Å². The number of sulfone groups is 1. The molecule has 1 aliphatic rings. The van der Waals surface area contributed by atoms with Crippen molar-refractivity contribution in [3.8, 4) is 0 Å². The van der Waals surface area contributed by atoms with Crippen LogP contribution in [0.1, 0.15) is 13.8 Å². The summed E-state index contributed by atoms with van der Waals surface area (Å²) in [7, 11) is -2.72. The van der Waals surface area contributed by atoms with Crippen LogP contribution >= 0.6 is 22.6 Å². The number of halogens is 1. The van der Waals surface area contributed by atoms with Crippen LogP contribution in [-0.4, -0.2) is 47.9 Å². The van der Waals surface area contributed by atoms with Gasteiger partial charge in [-0.3, -0.25) is 0 Å². The van der Waals surface area contributed by atoms with E-state index in [1.807, 2.05) is 0 Å². The SMILES string of the molecule is CC(C)(I)CN1CCS(=O)(=O)CC1. The molecule has 0 saturated carbocycles. The lowest BCUT2D eigenvalue weighted by Crippen LogP contribution is -2.44. The van der Waals surface area contributed by atoms with Crippen molar-refractivity contribution < 1.29 is 8.42 Å². The van der Waals surface area contributed by atoms with Crippen LogP contribution in [-0.2, 0) is 9.84 Å². The third-order valence-electron chi connectivity index (χ3n) is 2.04. The molecule has 1 rings (SSSR count). The first-order valence-corrected chi connectivity index (χ1v) is 7.30. The van der Waals surface area contributed by atoms with Crippen molar-refractivity contribution in [1.82, 2.24) is 4.90 Å². The summed E-state index contributed by atoms with van der Waals surface area (Å²) in [6.07, 6.45) is 0. The zero-order chi connectivity index (χ0) is 10.1. The van der Waals surface area contributed by atoms with Crippen LogP contribution in [0.4, 0.5) is 0 Å². The van der Waals surface area contributed by atoms with E-state index in [0.29, 0.717) is 24.6 Å². The molecule has 0 amide bonds. The lowest BCUT2D eigenvalue weighted by molar-refractivity contribution is 0.280. The van der Waals surface area contributed by atoms with E-state index in [1.165, 1.54) is 0 Å². The number of rotatable bonds is 2. The van der Waals surface area contributed by atoms with Gasteiger partial charge in [-0.1, -0.05) is 22.6 Å². The lowest BCUT2D eigenvalue weighted by atomic mass is 10.2. The van der Waals surface area contributed by atoms with Gasteiger partial charge in [0.1, 0.15) is 0 Å². The van der Waals surface area contributed by atoms with E-state index in [9.17, 15) is 8.42 Å². The fourth-order valence-corrected chi connectivity index (χ4v) is 3.20. The monoisotopic (exact) mass is 317 g/mol. The van der Waals surface area contributed by atoms with Gasteiger partial charge in [0.2, 0.25) is 0 Å². The fraction of sp³-hybridized carbons (Fsp3) is 1.00. The first-order valence-electron chi connectivity index (χ1n) is 4.40. The second-order valence-electron chi connectivity index (χ2n) is 4.15. The Kier molecular flexibility index (Phi) is 3.62. The third-order valence-corrected chi connectivity index (χ3v) is 3.99. The Hall–Kier alpha value is 0.640. The summed E-state index contributed by atoms with van der Waals surface area (Å²) >= 11 is 2.40. The van der Waals surface area contributed by atoms with Gasteiger partial charge in [-0.25, -0.2) is 8.42 Å². The zero-order valence-corrected chi connectivity index (χ0v) is 11.1. The molecule has 0 aromatic rings. The van der Waals surface area contributed by atoms with Gasteiger partial charge >= 0.3 is 0 Å². The molecule has 0 aromatic heterocycles. The first kappa shape index (κ1) is 11.7. The second-order valence-corrected chi connectivity index (χ2v) is 9.37. The molecule has 0 aliphatic carbocycles. The Morgan fingerprint density at radius 3 is 2.15 bits per heavy atom. The van der Waals surface area contributed by atoms with Gasteiger partial charge in [-0.05, 0) is 13.8 Å². The molecule has 13 heavy (non-hydrogen) atoms. The number of hydrogen-bond donors (Lipinski definition) is 0. The quantitative estimate of drug-likeness (QED) is 0.562. The van der Waals surface area contributed by atoms with Crippen molar-refractivity contribution in [2.24, 2.45) is 0 Å². The summed E-state index contributed by atoms with van der Waals surface area (Å²) in [5.74, 6) is 0.666.